The first-order valence-electron chi connectivity index (χ1n) is 18.7. The second kappa shape index (κ2) is 27.0. The first kappa shape index (κ1) is 43.1. The van der Waals surface area contributed by atoms with Crippen LogP contribution in [0.2, 0.25) is 0 Å². The van der Waals surface area contributed by atoms with E-state index in [0.29, 0.717) is 23.0 Å². The van der Waals surface area contributed by atoms with Crippen LogP contribution in [0.1, 0.15) is 135 Å². The van der Waals surface area contributed by atoms with Crippen molar-refractivity contribution in [1.82, 2.24) is 0 Å². The van der Waals surface area contributed by atoms with E-state index >= 15 is 0 Å². The molecule has 4 nitrogen and oxygen atoms in total. The molecule has 4 aromatic carbocycles. The average Bonchev–Trinajstić information content (AvgIpc) is 3.08. The molecule has 0 aliphatic carbocycles. The highest BCUT2D eigenvalue weighted by Crippen LogP contribution is 2.24. The fourth-order valence-corrected chi connectivity index (χ4v) is 5.20. The number of hydrogen-bond donors (Lipinski definition) is 4. The molecule has 0 amide bonds. The van der Waals surface area contributed by atoms with E-state index in [-0.39, 0.29) is 5.41 Å². The molecule has 0 fully saturated rings. The van der Waals surface area contributed by atoms with E-state index < -0.39 is 0 Å². The van der Waals surface area contributed by atoms with Gasteiger partial charge in [-0.2, -0.15) is 0 Å². The highest BCUT2D eigenvalue weighted by molar-refractivity contribution is 5.32. The van der Waals surface area contributed by atoms with Crippen molar-refractivity contribution in [3.8, 4) is 23.0 Å². The van der Waals surface area contributed by atoms with Crippen molar-refractivity contribution in [2.24, 2.45) is 0 Å². The molecule has 0 unspecified atom stereocenters. The molecule has 0 radical (unpaired) electrons. The van der Waals surface area contributed by atoms with Crippen LogP contribution in [-0.2, 0) is 18.3 Å². The minimum Gasteiger partial charge on any atom is -0.508 e. The summed E-state index contributed by atoms with van der Waals surface area (Å²) >= 11 is 0. The Morgan fingerprint density at radius 1 is 0.388 bits per heavy atom. The van der Waals surface area contributed by atoms with Gasteiger partial charge in [-0.25, -0.2) is 0 Å². The van der Waals surface area contributed by atoms with Gasteiger partial charge in [0.05, 0.1) is 0 Å². The van der Waals surface area contributed by atoms with Gasteiger partial charge in [0.1, 0.15) is 23.0 Å². The van der Waals surface area contributed by atoms with Gasteiger partial charge in [0.2, 0.25) is 0 Å². The third-order valence-corrected chi connectivity index (χ3v) is 8.32. The standard InChI is InChI=1S/C15H24O.C14H22O.C10H14O.C6H6O/c1-2-3-4-5-6-7-8-11-14-12-9-10-13-15(14)16;1-2-3-4-5-6-7-10-13-11-8-9-12-14(13)15;1-10(2,3)8-4-6-9(11)7-5-8;7-6-4-2-1-3-5-6/h9-10,12-13,16H,2-8,11H2,1H3;8-9,11-12,15H,2-7,10H2,1H3;4-7,11H,1-3H3;1-5,7H. The molecule has 4 N–H and O–H groups in total. The Morgan fingerprint density at radius 2 is 0.735 bits per heavy atom. The molecule has 0 saturated carbocycles. The van der Waals surface area contributed by atoms with Crippen LogP contribution in [0.5, 0.6) is 23.0 Å². The number of hydrogen-bond acceptors (Lipinski definition) is 4. The zero-order valence-corrected chi connectivity index (χ0v) is 31.2. The van der Waals surface area contributed by atoms with Crippen LogP contribution in [0.25, 0.3) is 0 Å². The molecule has 0 aliphatic rings. The van der Waals surface area contributed by atoms with E-state index in [4.69, 9.17) is 10.2 Å². The monoisotopic (exact) mass is 670 g/mol. The highest BCUT2D eigenvalue weighted by Gasteiger charge is 2.12. The van der Waals surface area contributed by atoms with Crippen LogP contribution in [0.3, 0.4) is 0 Å². The summed E-state index contributed by atoms with van der Waals surface area (Å²) in [6.45, 7) is 10.9. The molecule has 0 aromatic heterocycles. The third kappa shape index (κ3) is 22.4. The van der Waals surface area contributed by atoms with Crippen LogP contribution >= 0.6 is 0 Å². The van der Waals surface area contributed by atoms with E-state index in [1.165, 1.54) is 89.0 Å². The Kier molecular flexibility index (Phi) is 23.7. The molecule has 49 heavy (non-hydrogen) atoms. The van der Waals surface area contributed by atoms with Crippen molar-refractivity contribution in [3.63, 3.8) is 0 Å². The van der Waals surface area contributed by atoms with E-state index in [1.54, 1.807) is 48.5 Å². The fraction of sp³-hybridized carbons (Fsp3) is 0.467. The van der Waals surface area contributed by atoms with Gasteiger partial charge in [-0.05, 0) is 84.2 Å². The number of aromatic hydroxyl groups is 4. The Balaban J connectivity index is 0.000000339. The van der Waals surface area contributed by atoms with Crippen LogP contribution in [0, 0.1) is 0 Å². The molecule has 0 bridgehead atoms. The lowest BCUT2D eigenvalue weighted by Gasteiger charge is -2.18. The van der Waals surface area contributed by atoms with Crippen molar-refractivity contribution >= 4 is 0 Å². The van der Waals surface area contributed by atoms with Crippen LogP contribution in [-0.4, -0.2) is 20.4 Å². The largest absolute Gasteiger partial charge is 0.508 e. The lowest BCUT2D eigenvalue weighted by Crippen LogP contribution is -2.10. The van der Waals surface area contributed by atoms with Crippen molar-refractivity contribution < 1.29 is 20.4 Å². The number of benzene rings is 4. The molecule has 0 saturated heterocycles. The number of phenolic OH excluding ortho intramolecular Hbond substituents is 4. The maximum Gasteiger partial charge on any atom is 0.118 e. The van der Waals surface area contributed by atoms with Crippen LogP contribution in [0.15, 0.2) is 103 Å². The average molecular weight is 671 g/mol. The van der Waals surface area contributed by atoms with E-state index in [9.17, 15) is 10.2 Å². The molecule has 4 aromatic rings. The lowest BCUT2D eigenvalue weighted by molar-refractivity contribution is 0.465. The molecule has 0 aliphatic heterocycles. The maximum atomic E-state index is 9.58. The van der Waals surface area contributed by atoms with Gasteiger partial charge in [-0.15, -0.1) is 0 Å². The summed E-state index contributed by atoms with van der Waals surface area (Å²) in [6.07, 6.45) is 19.1. The number of unbranched alkanes of at least 4 members (excludes halogenated alkanes) is 11. The Labute approximate surface area is 298 Å². The molecule has 0 atom stereocenters. The first-order chi connectivity index (χ1) is 23.6. The van der Waals surface area contributed by atoms with E-state index in [1.807, 2.05) is 54.6 Å². The molecule has 4 heteroatoms. The van der Waals surface area contributed by atoms with Gasteiger partial charge >= 0.3 is 0 Å². The predicted octanol–water partition coefficient (Wildman–Crippen LogP) is 13.1. The summed E-state index contributed by atoms with van der Waals surface area (Å²) in [4.78, 5) is 0. The number of para-hydroxylation sites is 3. The zero-order valence-electron chi connectivity index (χ0n) is 31.2. The van der Waals surface area contributed by atoms with Crippen molar-refractivity contribution in [2.45, 2.75) is 136 Å². The minimum absolute atomic E-state index is 0.174. The SMILES string of the molecule is CC(C)(C)c1ccc(O)cc1.CCCCCCCCCc1ccccc1O.CCCCCCCCc1ccccc1O.Oc1ccccc1. The molecule has 0 heterocycles. The zero-order chi connectivity index (χ0) is 36.2. The first-order valence-corrected chi connectivity index (χ1v) is 18.7. The quantitative estimate of drug-likeness (QED) is 0.0949. The van der Waals surface area contributed by atoms with Crippen LogP contribution < -0.4 is 0 Å². The second-order valence-corrected chi connectivity index (χ2v) is 13.8. The van der Waals surface area contributed by atoms with E-state index in [2.05, 4.69) is 34.6 Å². The third-order valence-electron chi connectivity index (χ3n) is 8.32. The maximum absolute atomic E-state index is 9.58. The predicted molar refractivity (Wildman–Crippen MR) is 210 cm³/mol. The van der Waals surface area contributed by atoms with Gasteiger partial charge in [0.15, 0.2) is 0 Å². The van der Waals surface area contributed by atoms with E-state index in [0.717, 1.165) is 24.0 Å². The second-order valence-electron chi connectivity index (χ2n) is 13.8. The number of rotatable bonds is 15. The Morgan fingerprint density at radius 3 is 1.08 bits per heavy atom. The van der Waals surface area contributed by atoms with Gasteiger partial charge in [0, 0.05) is 0 Å². The molecule has 0 spiro atoms. The van der Waals surface area contributed by atoms with Gasteiger partial charge < -0.3 is 20.4 Å². The molecular weight excluding hydrogens is 604 g/mol. The summed E-state index contributed by atoms with van der Waals surface area (Å²) in [7, 11) is 0. The van der Waals surface area contributed by atoms with Gasteiger partial charge in [-0.1, -0.05) is 172 Å². The summed E-state index contributed by atoms with van der Waals surface area (Å²) in [5.74, 6) is 1.56. The van der Waals surface area contributed by atoms with Crippen molar-refractivity contribution in [1.29, 1.82) is 0 Å². The lowest BCUT2D eigenvalue weighted by atomic mass is 9.87. The summed E-state index contributed by atoms with van der Waals surface area (Å²) in [6, 6.07) is 31.4. The number of aryl methyl sites for hydroxylation is 2. The highest BCUT2D eigenvalue weighted by atomic mass is 16.3. The molecule has 270 valence electrons. The minimum atomic E-state index is 0.174. The smallest absolute Gasteiger partial charge is 0.118 e. The van der Waals surface area contributed by atoms with Crippen molar-refractivity contribution in [3.05, 3.63) is 120 Å². The fourth-order valence-electron chi connectivity index (χ4n) is 5.20. The summed E-state index contributed by atoms with van der Waals surface area (Å²) in [5.41, 5.74) is 3.60. The van der Waals surface area contributed by atoms with Gasteiger partial charge in [0.25, 0.3) is 0 Å². The number of phenols is 4. The Hall–Kier alpha value is -3.92. The van der Waals surface area contributed by atoms with Crippen molar-refractivity contribution in [2.75, 3.05) is 0 Å². The Bertz CT molecular complexity index is 1330. The van der Waals surface area contributed by atoms with Gasteiger partial charge in [-0.3, -0.25) is 0 Å². The topological polar surface area (TPSA) is 80.9 Å². The molecule has 4 rings (SSSR count). The normalized spacial score (nSPS) is 10.5. The summed E-state index contributed by atoms with van der Waals surface area (Å²) < 4.78 is 0. The van der Waals surface area contributed by atoms with Crippen LogP contribution in [0.4, 0.5) is 0 Å². The summed E-state index contributed by atoms with van der Waals surface area (Å²) in [5, 5.41) is 36.8. The molecular formula is C45H66O4.